The van der Waals surface area contributed by atoms with E-state index in [9.17, 15) is 4.79 Å². The summed E-state index contributed by atoms with van der Waals surface area (Å²) in [6, 6.07) is 8.92. The van der Waals surface area contributed by atoms with Crippen LogP contribution in [-0.4, -0.2) is 40.8 Å². The molecule has 10 heteroatoms. The van der Waals surface area contributed by atoms with Crippen LogP contribution in [0.3, 0.4) is 0 Å². The highest BCUT2D eigenvalue weighted by Gasteiger charge is 2.28. The molecule has 1 amide bonds. The van der Waals surface area contributed by atoms with E-state index in [4.69, 9.17) is 9.51 Å². The Morgan fingerprint density at radius 3 is 2.77 bits per heavy atom. The van der Waals surface area contributed by atoms with Crippen molar-refractivity contribution < 1.29 is 9.32 Å². The van der Waals surface area contributed by atoms with E-state index in [0.717, 1.165) is 59.3 Å². The van der Waals surface area contributed by atoms with Crippen LogP contribution < -0.4 is 5.32 Å². The van der Waals surface area contributed by atoms with Crippen LogP contribution in [0.5, 0.6) is 0 Å². The highest BCUT2D eigenvalue weighted by Crippen LogP contribution is 2.37. The van der Waals surface area contributed by atoms with E-state index in [0.29, 0.717) is 17.5 Å². The van der Waals surface area contributed by atoms with Crippen molar-refractivity contribution in [2.75, 3.05) is 0 Å². The van der Waals surface area contributed by atoms with E-state index in [1.165, 1.54) is 18.4 Å². The minimum absolute atomic E-state index is 0.00393. The van der Waals surface area contributed by atoms with E-state index < -0.39 is 0 Å². The molecular formula is C30H32N8O2. The minimum atomic E-state index is -0.337. The second kappa shape index (κ2) is 9.39. The SMILES string of the molecule is CC(C)(C)c1noc(C(=O)NC2CCCCc3cc(-c4ccnc5nc(-c6cnn(C7CC7)c6)[nH]c45)ccc32)n1. The van der Waals surface area contributed by atoms with Gasteiger partial charge in [0.1, 0.15) is 5.82 Å². The molecule has 2 aliphatic carbocycles. The summed E-state index contributed by atoms with van der Waals surface area (Å²) in [5.41, 5.74) is 6.76. The van der Waals surface area contributed by atoms with Crippen LogP contribution in [0.15, 0.2) is 47.4 Å². The number of nitrogens with zero attached hydrogens (tertiary/aromatic N) is 6. The number of amides is 1. The van der Waals surface area contributed by atoms with Gasteiger partial charge < -0.3 is 14.8 Å². The molecule has 1 saturated carbocycles. The number of carbonyl (C=O) groups is 1. The molecule has 0 spiro atoms. The lowest BCUT2D eigenvalue weighted by molar-refractivity contribution is 0.0890. The molecule has 4 aromatic heterocycles. The molecule has 2 N–H and O–H groups in total. The Morgan fingerprint density at radius 1 is 1.10 bits per heavy atom. The van der Waals surface area contributed by atoms with Gasteiger partial charge in [-0.25, -0.2) is 9.97 Å². The molecule has 4 heterocycles. The Kier molecular flexibility index (Phi) is 5.80. The van der Waals surface area contributed by atoms with Gasteiger partial charge in [0, 0.05) is 23.4 Å². The van der Waals surface area contributed by atoms with Gasteiger partial charge in [-0.15, -0.1) is 0 Å². The molecule has 2 aliphatic rings. The second-order valence-corrected chi connectivity index (χ2v) is 11.9. The molecule has 1 aromatic carbocycles. The quantitative estimate of drug-likeness (QED) is 0.276. The number of fused-ring (bicyclic) bond motifs is 2. The summed E-state index contributed by atoms with van der Waals surface area (Å²) >= 11 is 0. The molecule has 7 rings (SSSR count). The first-order chi connectivity index (χ1) is 19.3. The van der Waals surface area contributed by atoms with Crippen molar-refractivity contribution in [1.82, 2.24) is 40.2 Å². The Labute approximate surface area is 231 Å². The Hall–Kier alpha value is -4.34. The third-order valence-corrected chi connectivity index (χ3v) is 7.80. The lowest BCUT2D eigenvalue weighted by atomic mass is 9.94. The third kappa shape index (κ3) is 4.57. The van der Waals surface area contributed by atoms with Gasteiger partial charge in [-0.3, -0.25) is 9.48 Å². The summed E-state index contributed by atoms with van der Waals surface area (Å²) in [5, 5.41) is 11.7. The van der Waals surface area contributed by atoms with Crippen molar-refractivity contribution in [1.29, 1.82) is 0 Å². The largest absolute Gasteiger partial charge is 0.341 e. The van der Waals surface area contributed by atoms with Crippen LogP contribution in [0.25, 0.3) is 33.7 Å². The van der Waals surface area contributed by atoms with Gasteiger partial charge in [0.25, 0.3) is 0 Å². The number of aromatic amines is 1. The molecule has 10 nitrogen and oxygen atoms in total. The fraction of sp³-hybridized carbons (Fsp3) is 0.400. The number of hydrogen-bond donors (Lipinski definition) is 2. The van der Waals surface area contributed by atoms with Crippen molar-refractivity contribution >= 4 is 17.1 Å². The zero-order chi connectivity index (χ0) is 27.4. The van der Waals surface area contributed by atoms with Gasteiger partial charge in [0.15, 0.2) is 11.5 Å². The van der Waals surface area contributed by atoms with E-state index >= 15 is 0 Å². The Balaban J connectivity index is 1.18. The molecule has 5 aromatic rings. The monoisotopic (exact) mass is 536 g/mol. The van der Waals surface area contributed by atoms with Crippen LogP contribution >= 0.6 is 0 Å². The van der Waals surface area contributed by atoms with Crippen molar-refractivity contribution in [3.8, 4) is 22.5 Å². The number of H-pyrrole nitrogens is 1. The van der Waals surface area contributed by atoms with E-state index in [1.54, 1.807) is 6.20 Å². The predicted octanol–water partition coefficient (Wildman–Crippen LogP) is 5.70. The molecule has 1 unspecified atom stereocenters. The van der Waals surface area contributed by atoms with Crippen LogP contribution in [0.1, 0.15) is 92.6 Å². The molecule has 204 valence electrons. The fourth-order valence-electron chi connectivity index (χ4n) is 5.43. The molecule has 0 radical (unpaired) electrons. The van der Waals surface area contributed by atoms with Gasteiger partial charge in [-0.2, -0.15) is 10.1 Å². The van der Waals surface area contributed by atoms with Crippen LogP contribution in [0, 0.1) is 0 Å². The van der Waals surface area contributed by atoms with Crippen molar-refractivity contribution in [2.45, 2.75) is 76.8 Å². The van der Waals surface area contributed by atoms with Gasteiger partial charge in [-0.1, -0.05) is 50.5 Å². The zero-order valence-corrected chi connectivity index (χ0v) is 22.9. The highest BCUT2D eigenvalue weighted by molar-refractivity contribution is 5.92. The molecule has 40 heavy (non-hydrogen) atoms. The maximum atomic E-state index is 13.0. The maximum absolute atomic E-state index is 13.0. The molecule has 0 saturated heterocycles. The van der Waals surface area contributed by atoms with Crippen molar-refractivity contribution in [3.05, 3.63) is 65.7 Å². The van der Waals surface area contributed by atoms with Crippen LogP contribution in [-0.2, 0) is 11.8 Å². The van der Waals surface area contributed by atoms with Crippen LogP contribution in [0.2, 0.25) is 0 Å². The normalized spacial score (nSPS) is 17.5. The molecule has 1 fully saturated rings. The van der Waals surface area contributed by atoms with Gasteiger partial charge in [0.05, 0.1) is 29.4 Å². The summed E-state index contributed by atoms with van der Waals surface area (Å²) in [5.74, 6) is 0.959. The second-order valence-electron chi connectivity index (χ2n) is 11.9. The Bertz CT molecular complexity index is 1720. The number of pyridine rings is 1. The maximum Gasteiger partial charge on any atom is 0.315 e. The first-order valence-corrected chi connectivity index (χ1v) is 14.0. The summed E-state index contributed by atoms with van der Waals surface area (Å²) in [6.07, 6.45) is 12.0. The number of carbonyl (C=O) groups excluding carboxylic acids is 1. The van der Waals surface area contributed by atoms with E-state index in [2.05, 4.69) is 54.9 Å². The summed E-state index contributed by atoms with van der Waals surface area (Å²) in [7, 11) is 0. The molecular weight excluding hydrogens is 504 g/mol. The number of rotatable bonds is 5. The topological polar surface area (TPSA) is 127 Å². The summed E-state index contributed by atoms with van der Waals surface area (Å²) in [4.78, 5) is 30.2. The number of hydrogen-bond acceptors (Lipinski definition) is 7. The fourth-order valence-corrected chi connectivity index (χ4v) is 5.43. The smallest absolute Gasteiger partial charge is 0.315 e. The van der Waals surface area contributed by atoms with Crippen molar-refractivity contribution in [3.63, 3.8) is 0 Å². The van der Waals surface area contributed by atoms with E-state index in [1.807, 2.05) is 37.7 Å². The van der Waals surface area contributed by atoms with Gasteiger partial charge in [0.2, 0.25) is 0 Å². The summed E-state index contributed by atoms with van der Waals surface area (Å²) < 4.78 is 7.32. The first kappa shape index (κ1) is 24.7. The molecule has 0 aliphatic heterocycles. The molecule has 0 bridgehead atoms. The average Bonchev–Trinajstić information content (AvgIpc) is 3.33. The molecule has 1 atom stereocenters. The number of aromatic nitrogens is 7. The lowest BCUT2D eigenvalue weighted by Gasteiger charge is -2.19. The highest BCUT2D eigenvalue weighted by atomic mass is 16.5. The number of benzene rings is 1. The minimum Gasteiger partial charge on any atom is -0.341 e. The average molecular weight is 537 g/mol. The summed E-state index contributed by atoms with van der Waals surface area (Å²) in [6.45, 7) is 5.96. The number of nitrogens with one attached hydrogen (secondary N) is 2. The number of imidazole rings is 1. The standard InChI is InChI=1S/C30H32N8O2/c1-30(2,3)29-36-28(40-37-29)27(39)33-23-7-5-4-6-17-14-18(8-11-21(17)23)22-12-13-31-26-24(22)34-25(35-26)19-15-32-38(16-19)20-9-10-20/h8,11-16,20,23H,4-7,9-10H2,1-3H3,(H,33,39)(H,31,34,35). The van der Waals surface area contributed by atoms with Crippen molar-refractivity contribution in [2.24, 2.45) is 0 Å². The predicted molar refractivity (Wildman–Crippen MR) is 150 cm³/mol. The third-order valence-electron chi connectivity index (χ3n) is 7.80. The zero-order valence-electron chi connectivity index (χ0n) is 22.9. The van der Waals surface area contributed by atoms with Gasteiger partial charge in [-0.05, 0) is 54.9 Å². The first-order valence-electron chi connectivity index (χ1n) is 14.0. The Morgan fingerprint density at radius 2 is 1.98 bits per heavy atom. The number of aryl methyl sites for hydroxylation is 1. The van der Waals surface area contributed by atoms with Gasteiger partial charge >= 0.3 is 11.8 Å². The van der Waals surface area contributed by atoms with Crippen LogP contribution in [0.4, 0.5) is 0 Å². The van der Waals surface area contributed by atoms with E-state index in [-0.39, 0.29) is 23.3 Å². The lowest BCUT2D eigenvalue weighted by Crippen LogP contribution is -2.29.